The van der Waals surface area contributed by atoms with E-state index in [-0.39, 0.29) is 0 Å². The fraction of sp³-hybridized carbons (Fsp3) is 0.600. The topological polar surface area (TPSA) is 21.3 Å². The molecule has 0 bridgehead atoms. The van der Waals surface area contributed by atoms with Gasteiger partial charge in [0, 0.05) is 34.3 Å². The first-order chi connectivity index (χ1) is 9.63. The lowest BCUT2D eigenvalue weighted by Gasteiger charge is -2.42. The summed E-state index contributed by atoms with van der Waals surface area (Å²) < 4.78 is 6.13. The lowest BCUT2D eigenvalue weighted by molar-refractivity contribution is 0.242. The van der Waals surface area contributed by atoms with Gasteiger partial charge in [-0.2, -0.15) is 11.8 Å². The molecule has 1 saturated carbocycles. The first-order valence-corrected chi connectivity index (χ1v) is 9.02. The number of fused-ring (bicyclic) bond motifs is 1. The Morgan fingerprint density at radius 1 is 1.40 bits per heavy atom. The predicted molar refractivity (Wildman–Crippen MR) is 87.4 cm³/mol. The number of rotatable bonds is 4. The molecule has 2 nitrogen and oxygen atoms in total. The van der Waals surface area contributed by atoms with Crippen LogP contribution in [-0.2, 0) is 0 Å². The highest BCUT2D eigenvalue weighted by Crippen LogP contribution is 2.44. The standard InChI is InChI=1S/C15H19Cl2NOS/c1-20-15(4-2-5-15)9-18-13-3-6-19-14-11(13)7-10(16)8-12(14)17/h7-8,13,18H,2-6,9H2,1H3. The molecular weight excluding hydrogens is 313 g/mol. The summed E-state index contributed by atoms with van der Waals surface area (Å²) in [6, 6.07) is 4.02. The largest absolute Gasteiger partial charge is 0.492 e. The SMILES string of the molecule is CSC1(CNC2CCOc3c(Cl)cc(Cl)cc32)CCC1. The van der Waals surface area contributed by atoms with Crippen LogP contribution in [0.3, 0.4) is 0 Å². The van der Waals surface area contributed by atoms with Gasteiger partial charge in [-0.15, -0.1) is 0 Å². The zero-order valence-corrected chi connectivity index (χ0v) is 13.9. The fourth-order valence-electron chi connectivity index (χ4n) is 2.97. The third kappa shape index (κ3) is 2.78. The van der Waals surface area contributed by atoms with Crippen molar-refractivity contribution in [3.05, 3.63) is 27.7 Å². The molecule has 1 heterocycles. The van der Waals surface area contributed by atoms with Gasteiger partial charge in [-0.25, -0.2) is 0 Å². The number of thioether (sulfide) groups is 1. The van der Waals surface area contributed by atoms with E-state index in [1.807, 2.05) is 17.8 Å². The molecule has 0 saturated heterocycles. The Labute approximate surface area is 134 Å². The normalized spacial score (nSPS) is 23.6. The Bertz CT molecular complexity index is 499. The van der Waals surface area contributed by atoms with Crippen LogP contribution in [0.5, 0.6) is 5.75 Å². The molecule has 0 spiro atoms. The van der Waals surface area contributed by atoms with E-state index < -0.39 is 0 Å². The maximum atomic E-state index is 6.23. The van der Waals surface area contributed by atoms with Crippen LogP contribution in [0.15, 0.2) is 12.1 Å². The summed E-state index contributed by atoms with van der Waals surface area (Å²) in [5.41, 5.74) is 1.10. The molecule has 1 atom stereocenters. The van der Waals surface area contributed by atoms with Gasteiger partial charge in [-0.1, -0.05) is 29.6 Å². The second-order valence-electron chi connectivity index (χ2n) is 5.62. The van der Waals surface area contributed by atoms with E-state index in [4.69, 9.17) is 27.9 Å². The van der Waals surface area contributed by atoms with Gasteiger partial charge in [-0.3, -0.25) is 0 Å². The minimum atomic E-state index is 0.291. The van der Waals surface area contributed by atoms with Gasteiger partial charge in [-0.05, 0) is 31.2 Å². The zero-order chi connectivity index (χ0) is 14.2. The van der Waals surface area contributed by atoms with Gasteiger partial charge < -0.3 is 10.1 Å². The summed E-state index contributed by atoms with van der Waals surface area (Å²) in [4.78, 5) is 0. The summed E-state index contributed by atoms with van der Waals surface area (Å²) in [7, 11) is 0. The third-order valence-electron chi connectivity index (χ3n) is 4.43. The average molecular weight is 332 g/mol. The summed E-state index contributed by atoms with van der Waals surface area (Å²) >= 11 is 14.3. The van der Waals surface area contributed by atoms with E-state index >= 15 is 0 Å². The lowest BCUT2D eigenvalue weighted by atomic mass is 9.83. The minimum Gasteiger partial charge on any atom is -0.492 e. The number of benzene rings is 1. The molecule has 1 unspecified atom stereocenters. The molecule has 0 amide bonds. The van der Waals surface area contributed by atoms with E-state index in [9.17, 15) is 0 Å². The lowest BCUT2D eigenvalue weighted by Crippen LogP contribution is -2.45. The molecule has 1 aromatic rings. The van der Waals surface area contributed by atoms with Gasteiger partial charge >= 0.3 is 0 Å². The van der Waals surface area contributed by atoms with E-state index in [2.05, 4.69) is 11.6 Å². The quantitative estimate of drug-likeness (QED) is 0.864. The van der Waals surface area contributed by atoms with Gasteiger partial charge in [0.1, 0.15) is 5.75 Å². The fourth-order valence-corrected chi connectivity index (χ4v) is 4.46. The number of ether oxygens (including phenoxy) is 1. The van der Waals surface area contributed by atoms with Crippen LogP contribution in [0.1, 0.15) is 37.3 Å². The second-order valence-corrected chi connectivity index (χ2v) is 7.74. The first-order valence-electron chi connectivity index (χ1n) is 7.04. The van der Waals surface area contributed by atoms with Crippen LogP contribution in [0, 0.1) is 0 Å². The van der Waals surface area contributed by atoms with Crippen molar-refractivity contribution in [2.45, 2.75) is 36.5 Å². The van der Waals surface area contributed by atoms with E-state index in [1.54, 1.807) is 6.07 Å². The molecule has 2 aliphatic rings. The Hall–Kier alpha value is -0.0900. The van der Waals surface area contributed by atoms with E-state index in [0.717, 1.165) is 24.3 Å². The highest BCUT2D eigenvalue weighted by atomic mass is 35.5. The number of hydrogen-bond donors (Lipinski definition) is 1. The molecule has 1 N–H and O–H groups in total. The van der Waals surface area contributed by atoms with Gasteiger partial charge in [0.25, 0.3) is 0 Å². The highest BCUT2D eigenvalue weighted by Gasteiger charge is 2.37. The van der Waals surface area contributed by atoms with Crippen molar-refractivity contribution in [2.24, 2.45) is 0 Å². The molecule has 20 heavy (non-hydrogen) atoms. The molecule has 1 fully saturated rings. The average Bonchev–Trinajstić information content (AvgIpc) is 2.38. The van der Waals surface area contributed by atoms with Crippen LogP contribution in [0.2, 0.25) is 10.0 Å². The van der Waals surface area contributed by atoms with Crippen molar-refractivity contribution in [3.63, 3.8) is 0 Å². The zero-order valence-electron chi connectivity index (χ0n) is 11.5. The summed E-state index contributed by atoms with van der Waals surface area (Å²) in [6.07, 6.45) is 7.16. The molecule has 5 heteroatoms. The van der Waals surface area contributed by atoms with Crippen LogP contribution in [0.25, 0.3) is 0 Å². The summed E-state index contributed by atoms with van der Waals surface area (Å²) in [6.45, 7) is 1.75. The highest BCUT2D eigenvalue weighted by molar-refractivity contribution is 8.00. The monoisotopic (exact) mass is 331 g/mol. The van der Waals surface area contributed by atoms with Crippen molar-refractivity contribution in [1.29, 1.82) is 0 Å². The van der Waals surface area contributed by atoms with Crippen LogP contribution in [-0.4, -0.2) is 24.2 Å². The molecule has 0 radical (unpaired) electrons. The summed E-state index contributed by atoms with van der Waals surface area (Å²) in [5.74, 6) is 0.798. The third-order valence-corrected chi connectivity index (χ3v) is 6.35. The number of nitrogens with one attached hydrogen (secondary N) is 1. The Morgan fingerprint density at radius 3 is 2.85 bits per heavy atom. The first kappa shape index (κ1) is 14.8. The van der Waals surface area contributed by atoms with E-state index in [0.29, 0.717) is 27.4 Å². The van der Waals surface area contributed by atoms with Crippen LogP contribution in [0.4, 0.5) is 0 Å². The predicted octanol–water partition coefficient (Wildman–Crippen LogP) is 4.69. The van der Waals surface area contributed by atoms with Gasteiger partial charge in [0.05, 0.1) is 11.6 Å². The van der Waals surface area contributed by atoms with Crippen molar-refractivity contribution in [3.8, 4) is 5.75 Å². The Kier molecular flexibility index (Phi) is 4.42. The van der Waals surface area contributed by atoms with E-state index in [1.165, 1.54) is 19.3 Å². The minimum absolute atomic E-state index is 0.291. The Morgan fingerprint density at radius 2 is 2.20 bits per heavy atom. The Balaban J connectivity index is 1.76. The molecule has 1 aliphatic heterocycles. The maximum Gasteiger partial charge on any atom is 0.142 e. The van der Waals surface area contributed by atoms with Crippen molar-refractivity contribution in [2.75, 3.05) is 19.4 Å². The van der Waals surface area contributed by atoms with Crippen molar-refractivity contribution in [1.82, 2.24) is 5.32 Å². The number of hydrogen-bond acceptors (Lipinski definition) is 3. The summed E-state index contributed by atoms with van der Waals surface area (Å²) in [5, 5.41) is 5.00. The van der Waals surface area contributed by atoms with Gasteiger partial charge in [0.15, 0.2) is 0 Å². The van der Waals surface area contributed by atoms with Crippen LogP contribution < -0.4 is 10.1 Å². The van der Waals surface area contributed by atoms with Gasteiger partial charge in [0.2, 0.25) is 0 Å². The molecular formula is C15H19Cl2NOS. The second kappa shape index (κ2) is 5.96. The molecule has 1 aromatic carbocycles. The molecule has 110 valence electrons. The van der Waals surface area contributed by atoms with Crippen molar-refractivity contribution >= 4 is 35.0 Å². The molecule has 3 rings (SSSR count). The van der Waals surface area contributed by atoms with Crippen molar-refractivity contribution < 1.29 is 4.74 Å². The number of halogens is 2. The smallest absolute Gasteiger partial charge is 0.142 e. The molecule has 1 aliphatic carbocycles. The van der Waals surface area contributed by atoms with Crippen LogP contribution >= 0.6 is 35.0 Å². The molecule has 0 aromatic heterocycles. The maximum absolute atomic E-state index is 6.23.